The van der Waals surface area contributed by atoms with Crippen molar-refractivity contribution in [3.8, 4) is 0 Å². The third kappa shape index (κ3) is 3.19. The highest BCUT2D eigenvalue weighted by atomic mass is 16.2. The maximum Gasteiger partial charge on any atom is 0.242 e. The van der Waals surface area contributed by atoms with Gasteiger partial charge in [0.15, 0.2) is 0 Å². The van der Waals surface area contributed by atoms with Crippen LogP contribution in [0.3, 0.4) is 0 Å². The smallest absolute Gasteiger partial charge is 0.242 e. The van der Waals surface area contributed by atoms with Crippen LogP contribution in [0.25, 0.3) is 0 Å². The lowest BCUT2D eigenvalue weighted by atomic mass is 9.85. The Morgan fingerprint density at radius 2 is 1.94 bits per heavy atom. The third-order valence-electron chi connectivity index (χ3n) is 3.74. The van der Waals surface area contributed by atoms with Crippen LogP contribution in [-0.2, 0) is 9.59 Å². The van der Waals surface area contributed by atoms with Crippen LogP contribution in [0.1, 0.15) is 38.5 Å². The number of rotatable bonds is 2. The van der Waals surface area contributed by atoms with Gasteiger partial charge in [0.1, 0.15) is 6.04 Å². The second-order valence-corrected chi connectivity index (χ2v) is 5.11. The van der Waals surface area contributed by atoms with Gasteiger partial charge in [-0.05, 0) is 38.5 Å². The molecule has 0 aromatic carbocycles. The Morgan fingerprint density at radius 1 is 1.24 bits per heavy atom. The van der Waals surface area contributed by atoms with Crippen molar-refractivity contribution >= 4 is 11.8 Å². The van der Waals surface area contributed by atoms with E-state index < -0.39 is 0 Å². The van der Waals surface area contributed by atoms with E-state index in [1.54, 1.807) is 0 Å². The second-order valence-electron chi connectivity index (χ2n) is 5.11. The summed E-state index contributed by atoms with van der Waals surface area (Å²) in [5.74, 6) is 0.0283. The monoisotopic (exact) mass is 239 g/mol. The van der Waals surface area contributed by atoms with E-state index >= 15 is 0 Å². The fourth-order valence-electron chi connectivity index (χ4n) is 2.58. The highest BCUT2D eigenvalue weighted by Gasteiger charge is 2.29. The molecule has 0 radical (unpaired) electrons. The predicted molar refractivity (Wildman–Crippen MR) is 64.1 cm³/mol. The van der Waals surface area contributed by atoms with Gasteiger partial charge in [0.2, 0.25) is 11.8 Å². The molecule has 96 valence electrons. The number of nitrogens with one attached hydrogen (secondary N) is 2. The standard InChI is InChI=1S/C12H21N3O2/c13-9-5-3-8(4-6-9)11(16)15-10-2-1-7-14-12(10)17/h8-10H,1-7,13H2,(H,14,17)(H,15,16). The topological polar surface area (TPSA) is 84.2 Å². The molecule has 1 heterocycles. The van der Waals surface area contributed by atoms with Gasteiger partial charge < -0.3 is 16.4 Å². The van der Waals surface area contributed by atoms with Gasteiger partial charge in [0.25, 0.3) is 0 Å². The van der Waals surface area contributed by atoms with Crippen molar-refractivity contribution in [2.24, 2.45) is 11.7 Å². The summed E-state index contributed by atoms with van der Waals surface area (Å²) in [5, 5.41) is 5.64. The van der Waals surface area contributed by atoms with Crippen molar-refractivity contribution < 1.29 is 9.59 Å². The molecule has 0 aromatic heterocycles. The minimum Gasteiger partial charge on any atom is -0.354 e. The molecular formula is C12H21N3O2. The number of nitrogens with two attached hydrogens (primary N) is 1. The maximum absolute atomic E-state index is 12.0. The summed E-state index contributed by atoms with van der Waals surface area (Å²) in [5.41, 5.74) is 5.81. The fraction of sp³-hybridized carbons (Fsp3) is 0.833. The van der Waals surface area contributed by atoms with E-state index in [4.69, 9.17) is 5.73 Å². The first-order valence-corrected chi connectivity index (χ1v) is 6.50. The third-order valence-corrected chi connectivity index (χ3v) is 3.74. The molecule has 2 rings (SSSR count). The minimum atomic E-state index is -0.327. The first kappa shape index (κ1) is 12.4. The lowest BCUT2D eigenvalue weighted by Gasteiger charge is -2.28. The first-order chi connectivity index (χ1) is 8.16. The van der Waals surface area contributed by atoms with Crippen molar-refractivity contribution in [2.45, 2.75) is 50.6 Å². The van der Waals surface area contributed by atoms with Crippen LogP contribution in [0, 0.1) is 5.92 Å². The molecule has 1 saturated heterocycles. The maximum atomic E-state index is 12.0. The van der Waals surface area contributed by atoms with Gasteiger partial charge >= 0.3 is 0 Å². The highest BCUT2D eigenvalue weighted by Crippen LogP contribution is 2.23. The average molecular weight is 239 g/mol. The van der Waals surface area contributed by atoms with Crippen LogP contribution >= 0.6 is 0 Å². The second kappa shape index (κ2) is 5.49. The molecule has 1 saturated carbocycles. The Balaban J connectivity index is 1.82. The average Bonchev–Trinajstić information content (AvgIpc) is 2.33. The molecule has 0 aromatic rings. The summed E-state index contributed by atoms with van der Waals surface area (Å²) >= 11 is 0. The molecule has 1 aliphatic heterocycles. The van der Waals surface area contributed by atoms with E-state index in [0.29, 0.717) is 0 Å². The van der Waals surface area contributed by atoms with E-state index in [9.17, 15) is 9.59 Å². The van der Waals surface area contributed by atoms with Crippen molar-refractivity contribution in [3.05, 3.63) is 0 Å². The summed E-state index contributed by atoms with van der Waals surface area (Å²) in [7, 11) is 0. The van der Waals surface area contributed by atoms with Crippen molar-refractivity contribution in [2.75, 3.05) is 6.54 Å². The SMILES string of the molecule is NC1CCC(C(=O)NC2CCCNC2=O)CC1. The molecule has 1 atom stereocenters. The van der Waals surface area contributed by atoms with Gasteiger partial charge in [0, 0.05) is 18.5 Å². The van der Waals surface area contributed by atoms with Gasteiger partial charge in [0.05, 0.1) is 0 Å². The molecule has 2 aliphatic rings. The van der Waals surface area contributed by atoms with Gasteiger partial charge in [-0.25, -0.2) is 0 Å². The molecule has 1 aliphatic carbocycles. The fourth-order valence-corrected chi connectivity index (χ4v) is 2.58. The number of amides is 2. The lowest BCUT2D eigenvalue weighted by molar-refractivity contribution is -0.132. The molecular weight excluding hydrogens is 218 g/mol. The molecule has 0 bridgehead atoms. The largest absolute Gasteiger partial charge is 0.354 e. The Kier molecular flexibility index (Phi) is 3.99. The lowest BCUT2D eigenvalue weighted by Crippen LogP contribution is -2.52. The van der Waals surface area contributed by atoms with E-state index in [2.05, 4.69) is 10.6 Å². The summed E-state index contributed by atoms with van der Waals surface area (Å²) in [6, 6.07) is -0.0797. The van der Waals surface area contributed by atoms with Crippen LogP contribution in [0.15, 0.2) is 0 Å². The molecule has 4 N–H and O–H groups in total. The van der Waals surface area contributed by atoms with Gasteiger partial charge in [-0.1, -0.05) is 0 Å². The molecule has 1 unspecified atom stereocenters. The first-order valence-electron chi connectivity index (χ1n) is 6.50. The minimum absolute atomic E-state index is 0.0268. The number of piperidine rings is 1. The van der Waals surface area contributed by atoms with E-state index in [-0.39, 0.29) is 29.8 Å². The van der Waals surface area contributed by atoms with Crippen molar-refractivity contribution in [1.29, 1.82) is 0 Å². The Hall–Kier alpha value is -1.10. The molecule has 17 heavy (non-hydrogen) atoms. The molecule has 0 spiro atoms. The van der Waals surface area contributed by atoms with Crippen molar-refractivity contribution in [3.63, 3.8) is 0 Å². The normalized spacial score (nSPS) is 33.9. The highest BCUT2D eigenvalue weighted by molar-refractivity contribution is 5.88. The summed E-state index contributed by atoms with van der Waals surface area (Å²) in [6.07, 6.45) is 5.21. The van der Waals surface area contributed by atoms with Crippen LogP contribution in [0.4, 0.5) is 0 Å². The predicted octanol–water partition coefficient (Wildman–Crippen LogP) is -0.101. The van der Waals surface area contributed by atoms with Gasteiger partial charge in [-0.3, -0.25) is 9.59 Å². The zero-order valence-electron chi connectivity index (χ0n) is 10.1. The quantitative estimate of drug-likeness (QED) is 0.629. The van der Waals surface area contributed by atoms with Gasteiger partial charge in [-0.15, -0.1) is 0 Å². The number of carbonyl (C=O) groups is 2. The molecule has 2 amide bonds. The van der Waals surface area contributed by atoms with Gasteiger partial charge in [-0.2, -0.15) is 0 Å². The summed E-state index contributed by atoms with van der Waals surface area (Å²) in [6.45, 7) is 0.726. The summed E-state index contributed by atoms with van der Waals surface area (Å²) < 4.78 is 0. The zero-order chi connectivity index (χ0) is 12.3. The Labute approximate surface area is 102 Å². The molecule has 5 heteroatoms. The van der Waals surface area contributed by atoms with E-state index in [0.717, 1.165) is 45.1 Å². The zero-order valence-corrected chi connectivity index (χ0v) is 10.1. The Morgan fingerprint density at radius 3 is 2.59 bits per heavy atom. The molecule has 5 nitrogen and oxygen atoms in total. The van der Waals surface area contributed by atoms with Crippen LogP contribution in [0.5, 0.6) is 0 Å². The number of carbonyl (C=O) groups excluding carboxylic acids is 2. The van der Waals surface area contributed by atoms with Crippen LogP contribution in [0.2, 0.25) is 0 Å². The van der Waals surface area contributed by atoms with Crippen LogP contribution in [-0.4, -0.2) is 30.4 Å². The van der Waals surface area contributed by atoms with E-state index in [1.165, 1.54) is 0 Å². The van der Waals surface area contributed by atoms with E-state index in [1.807, 2.05) is 0 Å². The molecule has 2 fully saturated rings. The number of hydrogen-bond acceptors (Lipinski definition) is 3. The van der Waals surface area contributed by atoms with Crippen molar-refractivity contribution in [1.82, 2.24) is 10.6 Å². The summed E-state index contributed by atoms with van der Waals surface area (Å²) in [4.78, 5) is 23.5. The number of hydrogen-bond donors (Lipinski definition) is 3. The Bertz CT molecular complexity index is 298. The van der Waals surface area contributed by atoms with Crippen LogP contribution < -0.4 is 16.4 Å².